The standard InChI is InChI=1S/C36H38Cl2N6O3/c1-21(45)16-39-18-23-20-44(2)35-25(23)12-14-30(42-35)28-8-4-6-26(33(28)37)27-7-5-9-29(34(27)38)31-13-10-22(36(43-31)47-3)17-40-19-24-11-15-32(46)41-24/h4-10,12-14,20-21,24,39-40,45H,11,15-19H2,1-3H3,(H,41,46)/t21-,24-/m1/s1. The summed E-state index contributed by atoms with van der Waals surface area (Å²) in [5.74, 6) is 0.613. The van der Waals surface area contributed by atoms with E-state index in [0.29, 0.717) is 54.2 Å². The number of nitrogens with one attached hydrogen (secondary N) is 3. The molecule has 6 rings (SSSR count). The zero-order valence-corrected chi connectivity index (χ0v) is 28.1. The van der Waals surface area contributed by atoms with Gasteiger partial charge in [-0.1, -0.05) is 65.7 Å². The van der Waals surface area contributed by atoms with E-state index in [1.807, 2.05) is 66.2 Å². The smallest absolute Gasteiger partial charge is 0.220 e. The Bertz CT molecular complexity index is 1930. The highest BCUT2D eigenvalue weighted by Crippen LogP contribution is 2.42. The molecule has 244 valence electrons. The molecule has 4 heterocycles. The monoisotopic (exact) mass is 672 g/mol. The molecule has 0 spiro atoms. The topological polar surface area (TPSA) is 113 Å². The molecule has 1 amide bonds. The Morgan fingerprint density at radius 2 is 1.57 bits per heavy atom. The van der Waals surface area contributed by atoms with Crippen molar-refractivity contribution in [3.63, 3.8) is 0 Å². The van der Waals surface area contributed by atoms with Crippen molar-refractivity contribution in [3.05, 3.63) is 88.0 Å². The Morgan fingerprint density at radius 1 is 0.936 bits per heavy atom. The lowest BCUT2D eigenvalue weighted by Crippen LogP contribution is -2.35. The summed E-state index contributed by atoms with van der Waals surface area (Å²) < 4.78 is 7.66. The van der Waals surface area contributed by atoms with Gasteiger partial charge in [-0.25, -0.2) is 9.97 Å². The third-order valence-corrected chi connectivity index (χ3v) is 9.24. The first-order valence-electron chi connectivity index (χ1n) is 15.7. The molecule has 0 radical (unpaired) electrons. The number of methoxy groups -OCH3 is 1. The van der Waals surface area contributed by atoms with Gasteiger partial charge in [0.25, 0.3) is 0 Å². The van der Waals surface area contributed by atoms with E-state index in [0.717, 1.165) is 56.5 Å². The number of pyridine rings is 2. The van der Waals surface area contributed by atoms with Gasteiger partial charge in [0, 0.05) is 85.1 Å². The zero-order chi connectivity index (χ0) is 33.1. The van der Waals surface area contributed by atoms with E-state index in [9.17, 15) is 9.90 Å². The van der Waals surface area contributed by atoms with Gasteiger partial charge in [0.2, 0.25) is 11.8 Å². The van der Waals surface area contributed by atoms with Crippen molar-refractivity contribution < 1.29 is 14.6 Å². The largest absolute Gasteiger partial charge is 0.481 e. The first kappa shape index (κ1) is 32.9. The molecule has 2 atom stereocenters. The molecule has 1 aliphatic heterocycles. The molecule has 5 aromatic rings. The first-order valence-corrected chi connectivity index (χ1v) is 16.4. The molecule has 4 N–H and O–H groups in total. The van der Waals surface area contributed by atoms with Crippen LogP contribution in [0, 0.1) is 0 Å². The maximum Gasteiger partial charge on any atom is 0.220 e. The molecule has 0 unspecified atom stereocenters. The summed E-state index contributed by atoms with van der Waals surface area (Å²) in [6, 6.07) is 19.8. The van der Waals surface area contributed by atoms with Crippen LogP contribution in [0.2, 0.25) is 10.0 Å². The SMILES string of the molecule is COc1nc(-c2cccc(-c3cccc(-c4ccc5c(CNC[C@@H](C)O)cn(C)c5n4)c3Cl)c2Cl)ccc1CNC[C@H]1CCC(=O)N1. The number of ether oxygens (including phenoxy) is 1. The fourth-order valence-electron chi connectivity index (χ4n) is 6.06. The minimum atomic E-state index is -0.412. The second kappa shape index (κ2) is 14.4. The molecule has 47 heavy (non-hydrogen) atoms. The number of hydrogen-bond donors (Lipinski definition) is 4. The maximum absolute atomic E-state index is 11.5. The van der Waals surface area contributed by atoms with Crippen LogP contribution in [0.5, 0.6) is 5.88 Å². The van der Waals surface area contributed by atoms with E-state index >= 15 is 0 Å². The fraction of sp³-hybridized carbons (Fsp3) is 0.306. The van der Waals surface area contributed by atoms with E-state index in [2.05, 4.69) is 28.2 Å². The molecule has 3 aromatic heterocycles. The lowest BCUT2D eigenvalue weighted by Gasteiger charge is -2.15. The predicted molar refractivity (Wildman–Crippen MR) is 188 cm³/mol. The number of fused-ring (bicyclic) bond motifs is 1. The van der Waals surface area contributed by atoms with Crippen molar-refractivity contribution in [1.82, 2.24) is 30.5 Å². The Morgan fingerprint density at radius 3 is 2.21 bits per heavy atom. The summed E-state index contributed by atoms with van der Waals surface area (Å²) in [6.07, 6.45) is 3.06. The second-order valence-electron chi connectivity index (χ2n) is 11.9. The molecule has 9 nitrogen and oxygen atoms in total. The third-order valence-electron chi connectivity index (χ3n) is 8.42. The lowest BCUT2D eigenvalue weighted by atomic mass is 9.98. The second-order valence-corrected chi connectivity index (χ2v) is 12.7. The van der Waals surface area contributed by atoms with Gasteiger partial charge < -0.3 is 30.4 Å². The number of benzene rings is 2. The molecule has 0 saturated carbocycles. The summed E-state index contributed by atoms with van der Waals surface area (Å²) in [7, 11) is 3.58. The average Bonchev–Trinajstić information content (AvgIpc) is 3.62. The normalized spacial score (nSPS) is 15.3. The van der Waals surface area contributed by atoms with Gasteiger partial charge in [0.15, 0.2) is 0 Å². The fourth-order valence-corrected chi connectivity index (χ4v) is 6.71. The highest BCUT2D eigenvalue weighted by atomic mass is 35.5. The van der Waals surface area contributed by atoms with E-state index in [4.69, 9.17) is 37.9 Å². The van der Waals surface area contributed by atoms with Gasteiger partial charge in [-0.05, 0) is 37.1 Å². The van der Waals surface area contributed by atoms with Crippen LogP contribution in [0.25, 0.3) is 44.7 Å². The molecule has 11 heteroatoms. The van der Waals surface area contributed by atoms with Gasteiger partial charge in [-0.2, -0.15) is 0 Å². The number of amides is 1. The van der Waals surface area contributed by atoms with Crippen LogP contribution in [0.1, 0.15) is 30.9 Å². The van der Waals surface area contributed by atoms with E-state index in [-0.39, 0.29) is 11.9 Å². The molecule has 1 aliphatic rings. The van der Waals surface area contributed by atoms with E-state index < -0.39 is 6.10 Å². The predicted octanol–water partition coefficient (Wildman–Crippen LogP) is 6.12. The van der Waals surface area contributed by atoms with Gasteiger partial charge >= 0.3 is 0 Å². The molecule has 1 fully saturated rings. The van der Waals surface area contributed by atoms with Crippen molar-refractivity contribution in [2.75, 3.05) is 20.2 Å². The number of rotatable bonds is 12. The van der Waals surface area contributed by atoms with Crippen LogP contribution in [-0.2, 0) is 24.9 Å². The number of carbonyl (C=O) groups is 1. The molecule has 1 saturated heterocycles. The van der Waals surface area contributed by atoms with Crippen LogP contribution in [0.4, 0.5) is 0 Å². The van der Waals surface area contributed by atoms with E-state index in [1.165, 1.54) is 0 Å². The Balaban J connectivity index is 1.26. The van der Waals surface area contributed by atoms with Crippen LogP contribution in [-0.4, -0.2) is 57.9 Å². The maximum atomic E-state index is 11.5. The van der Waals surface area contributed by atoms with Crippen LogP contribution >= 0.6 is 23.2 Å². The van der Waals surface area contributed by atoms with Crippen molar-refractivity contribution in [2.45, 2.75) is 45.0 Å². The number of carbonyl (C=O) groups excluding carboxylic acids is 1. The number of aliphatic hydroxyl groups excluding tert-OH is 1. The Hall–Kier alpha value is -3.99. The van der Waals surface area contributed by atoms with Gasteiger partial charge in [0.1, 0.15) is 5.65 Å². The summed E-state index contributed by atoms with van der Waals surface area (Å²) in [5, 5.41) is 21.4. The number of aryl methyl sites for hydroxylation is 1. The molecule has 0 bridgehead atoms. The lowest BCUT2D eigenvalue weighted by molar-refractivity contribution is -0.119. The molecular formula is C36H38Cl2N6O3. The van der Waals surface area contributed by atoms with Crippen LogP contribution in [0.3, 0.4) is 0 Å². The summed E-state index contributed by atoms with van der Waals surface area (Å²) in [6.45, 7) is 4.16. The van der Waals surface area contributed by atoms with Crippen molar-refractivity contribution in [2.24, 2.45) is 7.05 Å². The molecular weight excluding hydrogens is 635 g/mol. The number of aliphatic hydroxyl groups is 1. The van der Waals surface area contributed by atoms with Gasteiger partial charge in [0.05, 0.1) is 34.6 Å². The zero-order valence-electron chi connectivity index (χ0n) is 26.6. The quantitative estimate of drug-likeness (QED) is 0.126. The third kappa shape index (κ3) is 7.15. The first-order chi connectivity index (χ1) is 22.7. The summed E-state index contributed by atoms with van der Waals surface area (Å²) in [5.41, 5.74) is 7.45. The van der Waals surface area contributed by atoms with Crippen molar-refractivity contribution in [1.29, 1.82) is 0 Å². The van der Waals surface area contributed by atoms with Gasteiger partial charge in [-0.3, -0.25) is 4.79 Å². The highest BCUT2D eigenvalue weighted by Gasteiger charge is 2.21. The number of hydrogen-bond acceptors (Lipinski definition) is 7. The number of nitrogens with zero attached hydrogens (tertiary/aromatic N) is 3. The average molecular weight is 674 g/mol. The van der Waals surface area contributed by atoms with Crippen LogP contribution < -0.4 is 20.7 Å². The van der Waals surface area contributed by atoms with E-state index in [1.54, 1.807) is 14.0 Å². The minimum Gasteiger partial charge on any atom is -0.481 e. The summed E-state index contributed by atoms with van der Waals surface area (Å²) in [4.78, 5) is 21.3. The Kier molecular flexibility index (Phi) is 10.1. The van der Waals surface area contributed by atoms with Gasteiger partial charge in [-0.15, -0.1) is 0 Å². The van der Waals surface area contributed by atoms with Crippen LogP contribution in [0.15, 0.2) is 66.9 Å². The number of halogens is 2. The number of aromatic nitrogens is 3. The van der Waals surface area contributed by atoms with Crippen molar-refractivity contribution >= 4 is 40.1 Å². The summed E-state index contributed by atoms with van der Waals surface area (Å²) >= 11 is 14.2. The molecule has 0 aliphatic carbocycles. The minimum absolute atomic E-state index is 0.103. The van der Waals surface area contributed by atoms with Crippen molar-refractivity contribution in [3.8, 4) is 39.5 Å². The molecule has 2 aromatic carbocycles. The Labute approximate surface area is 284 Å². The highest BCUT2D eigenvalue weighted by molar-refractivity contribution is 6.39.